The molecule has 0 saturated carbocycles. The van der Waals surface area contributed by atoms with Crippen LogP contribution in [0.5, 0.6) is 0 Å². The van der Waals surface area contributed by atoms with Crippen LogP contribution in [0.25, 0.3) is 11.1 Å². The molecule has 0 aliphatic rings. The van der Waals surface area contributed by atoms with Crippen LogP contribution < -0.4 is 5.43 Å². The van der Waals surface area contributed by atoms with Crippen molar-refractivity contribution in [1.82, 2.24) is 5.43 Å². The second-order valence-electron chi connectivity index (χ2n) is 5.56. The lowest BCUT2D eigenvalue weighted by Crippen LogP contribution is -2.17. The molecule has 0 saturated heterocycles. The molecule has 0 aliphatic carbocycles. The Hall–Kier alpha value is -3.20. The van der Waals surface area contributed by atoms with Crippen LogP contribution in [-0.4, -0.2) is 12.1 Å². The number of carbonyl (C=O) groups excluding carboxylic acids is 1. The van der Waals surface area contributed by atoms with E-state index in [0.29, 0.717) is 5.56 Å². The molecule has 0 atom stereocenters. The van der Waals surface area contributed by atoms with Crippen molar-refractivity contribution in [2.45, 2.75) is 6.92 Å². The van der Waals surface area contributed by atoms with E-state index in [2.05, 4.69) is 10.5 Å². The van der Waals surface area contributed by atoms with E-state index in [4.69, 9.17) is 0 Å². The van der Waals surface area contributed by atoms with E-state index in [1.807, 2.05) is 73.7 Å². The fraction of sp³-hybridized carbons (Fsp3) is 0.0476. The van der Waals surface area contributed by atoms with Crippen LogP contribution in [0.4, 0.5) is 0 Å². The topological polar surface area (TPSA) is 41.5 Å². The summed E-state index contributed by atoms with van der Waals surface area (Å²) in [7, 11) is 0. The number of amides is 1. The highest BCUT2D eigenvalue weighted by Crippen LogP contribution is 2.19. The first-order chi connectivity index (χ1) is 11.7. The van der Waals surface area contributed by atoms with Gasteiger partial charge in [0.1, 0.15) is 0 Å². The average Bonchev–Trinajstić information content (AvgIpc) is 2.63. The molecule has 0 fully saturated rings. The summed E-state index contributed by atoms with van der Waals surface area (Å²) in [5.74, 6) is -0.224. The number of nitrogens with one attached hydrogen (secondary N) is 1. The van der Waals surface area contributed by atoms with Crippen LogP contribution in [0.2, 0.25) is 0 Å². The van der Waals surface area contributed by atoms with E-state index in [9.17, 15) is 4.79 Å². The molecule has 0 spiro atoms. The zero-order valence-electron chi connectivity index (χ0n) is 13.4. The number of hydrogen-bond acceptors (Lipinski definition) is 2. The molecule has 3 heteroatoms. The van der Waals surface area contributed by atoms with Crippen molar-refractivity contribution in [1.29, 1.82) is 0 Å². The average molecular weight is 314 g/mol. The first-order valence-corrected chi connectivity index (χ1v) is 7.78. The Morgan fingerprint density at radius 3 is 2.29 bits per heavy atom. The third-order valence-electron chi connectivity index (χ3n) is 3.68. The molecule has 3 rings (SSSR count). The predicted molar refractivity (Wildman–Crippen MR) is 98.1 cm³/mol. The number of carbonyl (C=O) groups is 1. The van der Waals surface area contributed by atoms with Gasteiger partial charge in [-0.05, 0) is 35.7 Å². The number of rotatable bonds is 4. The normalized spacial score (nSPS) is 10.7. The fourth-order valence-electron chi connectivity index (χ4n) is 2.43. The van der Waals surface area contributed by atoms with Crippen molar-refractivity contribution < 1.29 is 4.79 Å². The van der Waals surface area contributed by atoms with Crippen molar-refractivity contribution >= 4 is 12.1 Å². The van der Waals surface area contributed by atoms with Crippen LogP contribution >= 0.6 is 0 Å². The van der Waals surface area contributed by atoms with E-state index >= 15 is 0 Å². The predicted octanol–water partition coefficient (Wildman–Crippen LogP) is 4.43. The van der Waals surface area contributed by atoms with Gasteiger partial charge in [-0.3, -0.25) is 4.79 Å². The number of hydrogen-bond donors (Lipinski definition) is 1. The van der Waals surface area contributed by atoms with Gasteiger partial charge in [-0.1, -0.05) is 72.3 Å². The van der Waals surface area contributed by atoms with Gasteiger partial charge in [-0.15, -0.1) is 0 Å². The molecular weight excluding hydrogens is 296 g/mol. The molecule has 0 aliphatic heterocycles. The third-order valence-corrected chi connectivity index (χ3v) is 3.68. The van der Waals surface area contributed by atoms with Crippen LogP contribution in [0, 0.1) is 6.92 Å². The van der Waals surface area contributed by atoms with Gasteiger partial charge >= 0.3 is 0 Å². The van der Waals surface area contributed by atoms with Crippen molar-refractivity contribution in [3.63, 3.8) is 0 Å². The number of benzene rings is 3. The Balaban J connectivity index is 1.65. The lowest BCUT2D eigenvalue weighted by molar-refractivity contribution is 0.0955. The minimum absolute atomic E-state index is 0.224. The molecule has 0 bridgehead atoms. The molecular formula is C21H18N2O. The molecule has 3 nitrogen and oxygen atoms in total. The van der Waals surface area contributed by atoms with E-state index in [0.717, 1.165) is 22.3 Å². The van der Waals surface area contributed by atoms with E-state index in [1.54, 1.807) is 18.3 Å². The number of nitrogens with zero attached hydrogens (tertiary/aromatic N) is 1. The van der Waals surface area contributed by atoms with Gasteiger partial charge in [0, 0.05) is 5.56 Å². The lowest BCUT2D eigenvalue weighted by atomic mass is 10.0. The van der Waals surface area contributed by atoms with Gasteiger partial charge < -0.3 is 0 Å². The van der Waals surface area contributed by atoms with Crippen molar-refractivity contribution in [2.75, 3.05) is 0 Å². The fourth-order valence-corrected chi connectivity index (χ4v) is 2.43. The van der Waals surface area contributed by atoms with E-state index < -0.39 is 0 Å². The third kappa shape index (κ3) is 3.96. The summed E-state index contributed by atoms with van der Waals surface area (Å²) >= 11 is 0. The van der Waals surface area contributed by atoms with Crippen LogP contribution in [0.3, 0.4) is 0 Å². The first kappa shape index (κ1) is 15.7. The molecule has 1 N–H and O–H groups in total. The Bertz CT molecular complexity index is 853. The Morgan fingerprint density at radius 1 is 0.875 bits per heavy atom. The van der Waals surface area contributed by atoms with Gasteiger partial charge in [0.25, 0.3) is 5.91 Å². The SMILES string of the molecule is Cc1cccc(/C=N\NC(=O)c2ccc(-c3ccccc3)cc2)c1. The van der Waals surface area contributed by atoms with Crippen molar-refractivity contribution in [3.8, 4) is 11.1 Å². The highest BCUT2D eigenvalue weighted by molar-refractivity contribution is 5.95. The smallest absolute Gasteiger partial charge is 0.267 e. The zero-order chi connectivity index (χ0) is 16.8. The van der Waals surface area contributed by atoms with Crippen molar-refractivity contribution in [3.05, 3.63) is 95.6 Å². The molecule has 0 heterocycles. The highest BCUT2D eigenvalue weighted by Gasteiger charge is 2.04. The Kier molecular flexibility index (Phi) is 4.82. The summed E-state index contributed by atoms with van der Waals surface area (Å²) in [6.45, 7) is 2.02. The molecule has 0 unspecified atom stereocenters. The summed E-state index contributed by atoms with van der Waals surface area (Å²) in [5.41, 5.74) is 7.45. The molecule has 3 aromatic carbocycles. The molecule has 24 heavy (non-hydrogen) atoms. The largest absolute Gasteiger partial charge is 0.271 e. The van der Waals surface area contributed by atoms with Crippen LogP contribution in [0.15, 0.2) is 84.0 Å². The van der Waals surface area contributed by atoms with Crippen LogP contribution in [-0.2, 0) is 0 Å². The maximum absolute atomic E-state index is 12.1. The minimum Gasteiger partial charge on any atom is -0.267 e. The first-order valence-electron chi connectivity index (χ1n) is 7.78. The zero-order valence-corrected chi connectivity index (χ0v) is 13.4. The molecule has 0 aromatic heterocycles. The summed E-state index contributed by atoms with van der Waals surface area (Å²) < 4.78 is 0. The van der Waals surface area contributed by atoms with Gasteiger partial charge in [-0.2, -0.15) is 5.10 Å². The van der Waals surface area contributed by atoms with Gasteiger partial charge in [0.2, 0.25) is 0 Å². The summed E-state index contributed by atoms with van der Waals surface area (Å²) in [6, 6.07) is 25.5. The second-order valence-corrected chi connectivity index (χ2v) is 5.56. The number of hydrazone groups is 1. The Labute approximate surface area is 141 Å². The number of aryl methyl sites for hydroxylation is 1. The lowest BCUT2D eigenvalue weighted by Gasteiger charge is -2.03. The second kappa shape index (κ2) is 7.38. The summed E-state index contributed by atoms with van der Waals surface area (Å²) in [5, 5.41) is 4.02. The van der Waals surface area contributed by atoms with E-state index in [1.165, 1.54) is 0 Å². The summed E-state index contributed by atoms with van der Waals surface area (Å²) in [4.78, 5) is 12.1. The molecule has 118 valence electrons. The Morgan fingerprint density at radius 2 is 1.58 bits per heavy atom. The van der Waals surface area contributed by atoms with Crippen molar-refractivity contribution in [2.24, 2.45) is 5.10 Å². The maximum atomic E-state index is 12.1. The quantitative estimate of drug-likeness (QED) is 0.562. The van der Waals surface area contributed by atoms with Crippen LogP contribution in [0.1, 0.15) is 21.5 Å². The minimum atomic E-state index is -0.224. The standard InChI is InChI=1S/C21H18N2O/c1-16-6-5-7-17(14-16)15-22-23-21(24)20-12-10-19(11-13-20)18-8-3-2-4-9-18/h2-15H,1H3,(H,23,24)/b22-15-. The maximum Gasteiger partial charge on any atom is 0.271 e. The van der Waals surface area contributed by atoms with Gasteiger partial charge in [0.15, 0.2) is 0 Å². The molecule has 1 amide bonds. The summed E-state index contributed by atoms with van der Waals surface area (Å²) in [6.07, 6.45) is 1.64. The van der Waals surface area contributed by atoms with Gasteiger partial charge in [0.05, 0.1) is 6.21 Å². The molecule has 0 radical (unpaired) electrons. The van der Waals surface area contributed by atoms with E-state index in [-0.39, 0.29) is 5.91 Å². The molecule has 3 aromatic rings. The highest BCUT2D eigenvalue weighted by atomic mass is 16.2. The monoisotopic (exact) mass is 314 g/mol. The van der Waals surface area contributed by atoms with Gasteiger partial charge in [-0.25, -0.2) is 5.43 Å².